The Bertz CT molecular complexity index is 1080. The summed E-state index contributed by atoms with van der Waals surface area (Å²) < 4.78 is 9.72. The first-order valence-electron chi connectivity index (χ1n) is 8.64. The molecule has 29 heavy (non-hydrogen) atoms. The summed E-state index contributed by atoms with van der Waals surface area (Å²) in [5.74, 6) is 1.04. The number of ether oxygens (including phenoxy) is 1. The molecule has 0 aliphatic heterocycles. The van der Waals surface area contributed by atoms with Gasteiger partial charge in [-0.3, -0.25) is 0 Å². The summed E-state index contributed by atoms with van der Waals surface area (Å²) in [6.07, 6.45) is 3.28. The number of urea groups is 1. The van der Waals surface area contributed by atoms with Crippen LogP contribution in [0.4, 0.5) is 16.2 Å². The summed E-state index contributed by atoms with van der Waals surface area (Å²) in [5.41, 5.74) is 2.40. The van der Waals surface area contributed by atoms with Crippen molar-refractivity contribution >= 4 is 40.5 Å². The number of benzene rings is 2. The molecule has 0 bridgehead atoms. The van der Waals surface area contributed by atoms with Gasteiger partial charge in [-0.15, -0.1) is 0 Å². The summed E-state index contributed by atoms with van der Waals surface area (Å²) in [6, 6.07) is 19.6. The van der Waals surface area contributed by atoms with Gasteiger partial charge in [0.15, 0.2) is 0 Å². The molecular formula is C21H15ClN4O2S. The summed E-state index contributed by atoms with van der Waals surface area (Å²) in [5, 5.41) is 6.13. The van der Waals surface area contributed by atoms with E-state index in [4.69, 9.17) is 16.3 Å². The number of rotatable bonds is 5. The quantitative estimate of drug-likeness (QED) is 0.396. The van der Waals surface area contributed by atoms with Crippen LogP contribution in [0.5, 0.6) is 11.6 Å². The van der Waals surface area contributed by atoms with Gasteiger partial charge in [0.05, 0.1) is 9.90 Å². The second-order valence-corrected chi connectivity index (χ2v) is 7.24. The number of amides is 2. The standard InChI is InChI=1S/C21H15ClN4O2S/c22-15-3-10-20(23-13-15)28-18-8-6-17(7-9-18)26-21(27)25-16-4-1-14(2-5-16)19-11-12-24-29-19/h1-13H,(H2,25,26,27). The number of anilines is 2. The Labute approximate surface area is 176 Å². The highest BCUT2D eigenvalue weighted by Gasteiger charge is 2.05. The van der Waals surface area contributed by atoms with E-state index in [0.717, 1.165) is 10.4 Å². The molecule has 4 aromatic rings. The van der Waals surface area contributed by atoms with E-state index in [-0.39, 0.29) is 6.03 Å². The molecule has 2 amide bonds. The zero-order valence-corrected chi connectivity index (χ0v) is 16.6. The minimum atomic E-state index is -0.330. The van der Waals surface area contributed by atoms with Gasteiger partial charge < -0.3 is 15.4 Å². The molecule has 2 aromatic carbocycles. The molecule has 2 N–H and O–H groups in total. The van der Waals surface area contributed by atoms with E-state index in [2.05, 4.69) is 20.0 Å². The van der Waals surface area contributed by atoms with Crippen molar-refractivity contribution in [1.82, 2.24) is 9.36 Å². The Morgan fingerprint density at radius 2 is 1.59 bits per heavy atom. The van der Waals surface area contributed by atoms with Crippen LogP contribution in [0.2, 0.25) is 5.02 Å². The first-order chi connectivity index (χ1) is 14.2. The Morgan fingerprint density at radius 3 is 2.17 bits per heavy atom. The SMILES string of the molecule is O=C(Nc1ccc(Oc2ccc(Cl)cn2)cc1)Nc1ccc(-c2ccns2)cc1. The molecule has 8 heteroatoms. The maximum Gasteiger partial charge on any atom is 0.323 e. The minimum Gasteiger partial charge on any atom is -0.439 e. The molecule has 4 rings (SSSR count). The smallest absolute Gasteiger partial charge is 0.323 e. The van der Waals surface area contributed by atoms with Crippen molar-refractivity contribution in [3.8, 4) is 22.1 Å². The van der Waals surface area contributed by atoms with E-state index in [1.165, 1.54) is 17.7 Å². The molecular weight excluding hydrogens is 408 g/mol. The van der Waals surface area contributed by atoms with Crippen molar-refractivity contribution in [3.63, 3.8) is 0 Å². The lowest BCUT2D eigenvalue weighted by Gasteiger charge is -2.09. The second kappa shape index (κ2) is 8.72. The van der Waals surface area contributed by atoms with Crippen LogP contribution >= 0.6 is 23.1 Å². The molecule has 0 spiro atoms. The monoisotopic (exact) mass is 422 g/mol. The van der Waals surface area contributed by atoms with E-state index in [1.807, 2.05) is 30.3 Å². The third-order valence-electron chi connectivity index (χ3n) is 3.90. The number of halogens is 1. The van der Waals surface area contributed by atoms with Crippen LogP contribution in [0.1, 0.15) is 0 Å². The Balaban J connectivity index is 1.33. The third kappa shape index (κ3) is 5.10. The predicted molar refractivity (Wildman–Crippen MR) is 116 cm³/mol. The molecule has 0 radical (unpaired) electrons. The van der Waals surface area contributed by atoms with Crippen molar-refractivity contribution in [1.29, 1.82) is 0 Å². The number of carbonyl (C=O) groups is 1. The van der Waals surface area contributed by atoms with Crippen LogP contribution in [0, 0.1) is 0 Å². The normalized spacial score (nSPS) is 10.4. The predicted octanol–water partition coefficient (Wildman–Crippen LogP) is 6.29. The number of carbonyl (C=O) groups excluding carboxylic acids is 1. The van der Waals surface area contributed by atoms with Crippen LogP contribution in [0.3, 0.4) is 0 Å². The van der Waals surface area contributed by atoms with Gasteiger partial charge in [-0.05, 0) is 65.6 Å². The lowest BCUT2D eigenvalue weighted by molar-refractivity contribution is 0.262. The van der Waals surface area contributed by atoms with Crippen molar-refractivity contribution in [2.24, 2.45) is 0 Å². The molecule has 2 heterocycles. The average Bonchev–Trinajstić information content (AvgIpc) is 3.27. The minimum absolute atomic E-state index is 0.330. The number of hydrogen-bond acceptors (Lipinski definition) is 5. The Hall–Kier alpha value is -3.42. The topological polar surface area (TPSA) is 76.1 Å². The number of nitrogens with one attached hydrogen (secondary N) is 2. The van der Waals surface area contributed by atoms with Gasteiger partial charge in [-0.2, -0.15) is 0 Å². The summed E-state index contributed by atoms with van der Waals surface area (Å²) >= 11 is 7.24. The fourth-order valence-corrected chi connectivity index (χ4v) is 3.24. The fourth-order valence-electron chi connectivity index (χ4n) is 2.53. The molecule has 6 nitrogen and oxygen atoms in total. The summed E-state index contributed by atoms with van der Waals surface area (Å²) in [4.78, 5) is 17.4. The van der Waals surface area contributed by atoms with Crippen molar-refractivity contribution in [2.75, 3.05) is 10.6 Å². The molecule has 0 saturated carbocycles. The molecule has 0 fully saturated rings. The summed E-state index contributed by atoms with van der Waals surface area (Å²) in [6.45, 7) is 0. The van der Waals surface area contributed by atoms with E-state index in [0.29, 0.717) is 28.0 Å². The first kappa shape index (κ1) is 18.9. The first-order valence-corrected chi connectivity index (χ1v) is 9.79. The van der Waals surface area contributed by atoms with E-state index in [9.17, 15) is 4.79 Å². The summed E-state index contributed by atoms with van der Waals surface area (Å²) in [7, 11) is 0. The molecule has 0 atom stereocenters. The van der Waals surface area contributed by atoms with Gasteiger partial charge in [0.1, 0.15) is 5.75 Å². The zero-order valence-electron chi connectivity index (χ0n) is 15.0. The average molecular weight is 423 g/mol. The van der Waals surface area contributed by atoms with E-state index >= 15 is 0 Å². The molecule has 0 unspecified atom stereocenters. The fraction of sp³-hybridized carbons (Fsp3) is 0. The highest BCUT2D eigenvalue weighted by molar-refractivity contribution is 7.09. The van der Waals surface area contributed by atoms with E-state index < -0.39 is 0 Å². The van der Waals surface area contributed by atoms with Crippen LogP contribution in [-0.2, 0) is 0 Å². The Morgan fingerprint density at radius 1 is 0.897 bits per heavy atom. The van der Waals surface area contributed by atoms with Gasteiger partial charge in [-0.1, -0.05) is 23.7 Å². The number of pyridine rings is 1. The highest BCUT2D eigenvalue weighted by atomic mass is 35.5. The maximum atomic E-state index is 12.2. The van der Waals surface area contributed by atoms with Gasteiger partial charge in [0, 0.05) is 29.8 Å². The lowest BCUT2D eigenvalue weighted by Crippen LogP contribution is -2.19. The van der Waals surface area contributed by atoms with Gasteiger partial charge >= 0.3 is 6.03 Å². The van der Waals surface area contributed by atoms with E-state index in [1.54, 1.807) is 42.6 Å². The molecule has 0 saturated heterocycles. The number of aromatic nitrogens is 2. The molecule has 144 valence electrons. The van der Waals surface area contributed by atoms with Gasteiger partial charge in [0.2, 0.25) is 5.88 Å². The van der Waals surface area contributed by atoms with Crippen LogP contribution in [0.25, 0.3) is 10.4 Å². The van der Waals surface area contributed by atoms with Crippen molar-refractivity contribution < 1.29 is 9.53 Å². The zero-order chi connectivity index (χ0) is 20.1. The van der Waals surface area contributed by atoms with Gasteiger partial charge in [-0.25, -0.2) is 14.2 Å². The number of nitrogens with zero attached hydrogens (tertiary/aromatic N) is 2. The Kier molecular flexibility index (Phi) is 5.69. The number of hydrogen-bond donors (Lipinski definition) is 2. The van der Waals surface area contributed by atoms with Crippen LogP contribution in [0.15, 0.2) is 79.1 Å². The highest BCUT2D eigenvalue weighted by Crippen LogP contribution is 2.25. The van der Waals surface area contributed by atoms with Crippen molar-refractivity contribution in [3.05, 3.63) is 84.1 Å². The maximum absolute atomic E-state index is 12.2. The van der Waals surface area contributed by atoms with Crippen molar-refractivity contribution in [2.45, 2.75) is 0 Å². The molecule has 2 aromatic heterocycles. The largest absolute Gasteiger partial charge is 0.439 e. The van der Waals surface area contributed by atoms with Crippen LogP contribution < -0.4 is 15.4 Å². The molecule has 0 aliphatic carbocycles. The third-order valence-corrected chi connectivity index (χ3v) is 4.92. The lowest BCUT2D eigenvalue weighted by atomic mass is 10.2. The van der Waals surface area contributed by atoms with Gasteiger partial charge in [0.25, 0.3) is 0 Å². The molecule has 0 aliphatic rings. The second-order valence-electron chi connectivity index (χ2n) is 5.97. The van der Waals surface area contributed by atoms with Crippen LogP contribution in [-0.4, -0.2) is 15.4 Å².